The van der Waals surface area contributed by atoms with Crippen molar-refractivity contribution in [2.45, 2.75) is 59.5 Å². The molecule has 0 aliphatic heterocycles. The minimum Gasteiger partial charge on any atom is -0.379 e. The summed E-state index contributed by atoms with van der Waals surface area (Å²) in [6.45, 7) is 11.2. The fourth-order valence-electron chi connectivity index (χ4n) is 1.15. The van der Waals surface area contributed by atoms with Crippen molar-refractivity contribution in [3.05, 3.63) is 0 Å². The van der Waals surface area contributed by atoms with Crippen LogP contribution in [0.3, 0.4) is 0 Å². The molecule has 0 rings (SSSR count). The summed E-state index contributed by atoms with van der Waals surface area (Å²) >= 11 is 0. The minimum atomic E-state index is 0.0608. The average molecular weight is 172 g/mol. The maximum Gasteiger partial charge on any atom is 0.0622 e. The van der Waals surface area contributed by atoms with Gasteiger partial charge in [-0.05, 0) is 32.1 Å². The summed E-state index contributed by atoms with van der Waals surface area (Å²) in [4.78, 5) is 0. The van der Waals surface area contributed by atoms with Crippen molar-refractivity contribution in [2.24, 2.45) is 5.41 Å². The largest absolute Gasteiger partial charge is 0.379 e. The van der Waals surface area contributed by atoms with Crippen LogP contribution in [0.1, 0.15) is 53.9 Å². The molecule has 0 radical (unpaired) electrons. The van der Waals surface area contributed by atoms with E-state index in [1.807, 2.05) is 0 Å². The van der Waals surface area contributed by atoms with Crippen LogP contribution in [0.25, 0.3) is 0 Å². The van der Waals surface area contributed by atoms with Gasteiger partial charge in [0, 0.05) is 7.11 Å². The second kappa shape index (κ2) is 4.27. The van der Waals surface area contributed by atoms with E-state index in [-0.39, 0.29) is 5.60 Å². The molecule has 74 valence electrons. The van der Waals surface area contributed by atoms with E-state index in [1.165, 1.54) is 12.8 Å². The lowest BCUT2D eigenvalue weighted by atomic mass is 9.87. The van der Waals surface area contributed by atoms with Crippen LogP contribution in [-0.2, 0) is 4.74 Å². The first-order chi connectivity index (χ1) is 5.27. The zero-order valence-corrected chi connectivity index (χ0v) is 9.53. The first-order valence-corrected chi connectivity index (χ1v) is 4.82. The Balaban J connectivity index is 3.57. The van der Waals surface area contributed by atoms with E-state index >= 15 is 0 Å². The molecule has 1 nitrogen and oxygen atoms in total. The summed E-state index contributed by atoms with van der Waals surface area (Å²) in [7, 11) is 1.79. The Kier molecular flexibility index (Phi) is 4.25. The Morgan fingerprint density at radius 3 is 1.75 bits per heavy atom. The monoisotopic (exact) mass is 172 g/mol. The van der Waals surface area contributed by atoms with Gasteiger partial charge in [-0.15, -0.1) is 0 Å². The lowest BCUT2D eigenvalue weighted by Crippen LogP contribution is -2.22. The summed E-state index contributed by atoms with van der Waals surface area (Å²) in [6, 6.07) is 0. The molecule has 0 saturated carbocycles. The highest BCUT2D eigenvalue weighted by molar-refractivity contribution is 4.70. The summed E-state index contributed by atoms with van der Waals surface area (Å²) < 4.78 is 5.35. The Morgan fingerprint density at radius 2 is 1.42 bits per heavy atom. The maximum absolute atomic E-state index is 5.35. The summed E-state index contributed by atoms with van der Waals surface area (Å²) in [5.41, 5.74) is 0.523. The maximum atomic E-state index is 5.35. The number of hydrogen-bond acceptors (Lipinski definition) is 1. The highest BCUT2D eigenvalue weighted by Gasteiger charge is 2.17. The number of hydrogen-bond donors (Lipinski definition) is 0. The molecule has 12 heavy (non-hydrogen) atoms. The zero-order chi connectivity index (χ0) is 9.83. The predicted octanol–water partition coefficient (Wildman–Crippen LogP) is 3.63. The van der Waals surface area contributed by atoms with Crippen molar-refractivity contribution in [2.75, 3.05) is 7.11 Å². The normalized spacial score (nSPS) is 13.5. The molecule has 0 aromatic heterocycles. The molecule has 0 aliphatic rings. The van der Waals surface area contributed by atoms with Gasteiger partial charge in [0.15, 0.2) is 0 Å². The molecule has 0 aromatic carbocycles. The van der Waals surface area contributed by atoms with Gasteiger partial charge in [-0.1, -0.05) is 27.2 Å². The van der Waals surface area contributed by atoms with Crippen LogP contribution in [0, 0.1) is 5.41 Å². The molecule has 0 bridgehead atoms. The fourth-order valence-corrected chi connectivity index (χ4v) is 1.15. The van der Waals surface area contributed by atoms with Gasteiger partial charge in [0.25, 0.3) is 0 Å². The zero-order valence-electron chi connectivity index (χ0n) is 9.53. The van der Waals surface area contributed by atoms with Crippen LogP contribution in [0.2, 0.25) is 0 Å². The van der Waals surface area contributed by atoms with Crippen molar-refractivity contribution < 1.29 is 4.74 Å². The average Bonchev–Trinajstić information content (AvgIpc) is 1.84. The summed E-state index contributed by atoms with van der Waals surface area (Å²) in [6.07, 6.45) is 3.69. The fraction of sp³-hybridized carbons (Fsp3) is 1.00. The number of rotatable bonds is 4. The molecular weight excluding hydrogens is 148 g/mol. The predicted molar refractivity (Wildman–Crippen MR) is 54.4 cm³/mol. The van der Waals surface area contributed by atoms with Gasteiger partial charge in [-0.2, -0.15) is 0 Å². The third kappa shape index (κ3) is 6.66. The highest BCUT2D eigenvalue weighted by Crippen LogP contribution is 2.25. The highest BCUT2D eigenvalue weighted by atomic mass is 16.5. The number of methoxy groups -OCH3 is 1. The van der Waals surface area contributed by atoms with Gasteiger partial charge in [0.1, 0.15) is 0 Å². The van der Waals surface area contributed by atoms with Crippen LogP contribution >= 0.6 is 0 Å². The van der Waals surface area contributed by atoms with E-state index in [4.69, 9.17) is 4.74 Å². The van der Waals surface area contributed by atoms with Gasteiger partial charge < -0.3 is 4.74 Å². The molecule has 0 fully saturated rings. The quantitative estimate of drug-likeness (QED) is 0.629. The molecule has 0 unspecified atom stereocenters. The van der Waals surface area contributed by atoms with Crippen LogP contribution in [0.4, 0.5) is 0 Å². The molecule has 0 aromatic rings. The van der Waals surface area contributed by atoms with E-state index in [0.717, 1.165) is 6.42 Å². The van der Waals surface area contributed by atoms with E-state index in [9.17, 15) is 0 Å². The second-order valence-electron chi connectivity index (χ2n) is 5.38. The van der Waals surface area contributed by atoms with Gasteiger partial charge in [0.05, 0.1) is 5.60 Å². The van der Waals surface area contributed by atoms with Gasteiger partial charge in [-0.3, -0.25) is 0 Å². The molecule has 0 aliphatic carbocycles. The van der Waals surface area contributed by atoms with E-state index in [1.54, 1.807) is 7.11 Å². The van der Waals surface area contributed by atoms with E-state index in [0.29, 0.717) is 5.41 Å². The van der Waals surface area contributed by atoms with Crippen molar-refractivity contribution in [1.82, 2.24) is 0 Å². The smallest absolute Gasteiger partial charge is 0.0622 e. The molecule has 0 saturated heterocycles. The van der Waals surface area contributed by atoms with Crippen LogP contribution in [0.15, 0.2) is 0 Å². The Labute approximate surface area is 77.5 Å². The molecule has 0 amide bonds. The van der Waals surface area contributed by atoms with Gasteiger partial charge in [-0.25, -0.2) is 0 Å². The lowest BCUT2D eigenvalue weighted by molar-refractivity contribution is 0.0118. The summed E-state index contributed by atoms with van der Waals surface area (Å²) in [5, 5.41) is 0. The SMILES string of the molecule is COC(C)(C)CCCC(C)(C)C. The molecule has 0 atom stereocenters. The Hall–Kier alpha value is -0.0400. The van der Waals surface area contributed by atoms with E-state index in [2.05, 4.69) is 34.6 Å². The molecular formula is C11H24O. The molecule has 0 heterocycles. The van der Waals surface area contributed by atoms with Crippen molar-refractivity contribution in [3.63, 3.8) is 0 Å². The Bertz CT molecular complexity index is 119. The lowest BCUT2D eigenvalue weighted by Gasteiger charge is -2.25. The molecule has 1 heteroatoms. The van der Waals surface area contributed by atoms with Crippen molar-refractivity contribution in [3.8, 4) is 0 Å². The van der Waals surface area contributed by atoms with Crippen LogP contribution in [0.5, 0.6) is 0 Å². The van der Waals surface area contributed by atoms with Crippen LogP contribution in [-0.4, -0.2) is 12.7 Å². The first kappa shape index (κ1) is 12.0. The molecule has 0 spiro atoms. The van der Waals surface area contributed by atoms with Gasteiger partial charge in [0.2, 0.25) is 0 Å². The topological polar surface area (TPSA) is 9.23 Å². The first-order valence-electron chi connectivity index (χ1n) is 4.82. The summed E-state index contributed by atoms with van der Waals surface area (Å²) in [5.74, 6) is 0. The standard InChI is InChI=1S/C11H24O/c1-10(2,3)8-7-9-11(4,5)12-6/h7-9H2,1-6H3. The van der Waals surface area contributed by atoms with E-state index < -0.39 is 0 Å². The van der Waals surface area contributed by atoms with Gasteiger partial charge >= 0.3 is 0 Å². The van der Waals surface area contributed by atoms with Crippen LogP contribution < -0.4 is 0 Å². The third-order valence-electron chi connectivity index (χ3n) is 2.26. The van der Waals surface area contributed by atoms with Crippen molar-refractivity contribution in [1.29, 1.82) is 0 Å². The minimum absolute atomic E-state index is 0.0608. The second-order valence-corrected chi connectivity index (χ2v) is 5.38. The Morgan fingerprint density at radius 1 is 0.917 bits per heavy atom. The number of ether oxygens (including phenoxy) is 1. The van der Waals surface area contributed by atoms with Crippen molar-refractivity contribution >= 4 is 0 Å². The third-order valence-corrected chi connectivity index (χ3v) is 2.26. The molecule has 0 N–H and O–H groups in total.